The molecule has 1 aliphatic heterocycles. The molecule has 0 radical (unpaired) electrons. The predicted octanol–water partition coefficient (Wildman–Crippen LogP) is 1.29. The molecule has 1 aromatic rings. The van der Waals surface area contributed by atoms with Gasteiger partial charge in [-0.15, -0.1) is 0 Å². The summed E-state index contributed by atoms with van der Waals surface area (Å²) in [6, 6.07) is 3.59. The summed E-state index contributed by atoms with van der Waals surface area (Å²) in [5.74, 6) is 1.60. The molecule has 6 nitrogen and oxygen atoms in total. The molecule has 6 heteroatoms. The molecule has 0 unspecified atom stereocenters. The van der Waals surface area contributed by atoms with Crippen molar-refractivity contribution in [2.24, 2.45) is 0 Å². The highest BCUT2D eigenvalue weighted by molar-refractivity contribution is 5.79. The third kappa shape index (κ3) is 4.63. The van der Waals surface area contributed by atoms with Gasteiger partial charge in [0.1, 0.15) is 0 Å². The van der Waals surface area contributed by atoms with E-state index < -0.39 is 0 Å². The first kappa shape index (κ1) is 17.1. The van der Waals surface area contributed by atoms with Crippen LogP contribution in [-0.4, -0.2) is 46.9 Å². The first-order valence-electron chi connectivity index (χ1n) is 7.62. The fraction of sp³-hybridized carbons (Fsp3) is 0.471. The minimum absolute atomic E-state index is 0.0290. The van der Waals surface area contributed by atoms with Crippen LogP contribution in [0.5, 0.6) is 17.2 Å². The van der Waals surface area contributed by atoms with Crippen molar-refractivity contribution >= 4 is 5.91 Å². The topological polar surface area (TPSA) is 68.8 Å². The van der Waals surface area contributed by atoms with Crippen LogP contribution >= 0.6 is 0 Å². The monoisotopic (exact) mass is 320 g/mol. The van der Waals surface area contributed by atoms with Gasteiger partial charge >= 0.3 is 0 Å². The molecule has 1 aromatic carbocycles. The second-order valence-corrected chi connectivity index (χ2v) is 5.30. The molecular weight excluding hydrogens is 296 g/mol. The number of ether oxygens (including phenoxy) is 3. The lowest BCUT2D eigenvalue weighted by molar-refractivity contribution is -0.120. The van der Waals surface area contributed by atoms with Gasteiger partial charge in [-0.25, -0.2) is 0 Å². The molecule has 1 amide bonds. The van der Waals surface area contributed by atoms with Gasteiger partial charge in [-0.2, -0.15) is 0 Å². The number of carbonyl (C=O) groups excluding carboxylic acids is 1. The van der Waals surface area contributed by atoms with Crippen molar-refractivity contribution in [1.82, 2.24) is 10.6 Å². The highest BCUT2D eigenvalue weighted by atomic mass is 16.5. The Hall–Kier alpha value is -2.21. The van der Waals surface area contributed by atoms with Crippen molar-refractivity contribution < 1.29 is 19.0 Å². The molecule has 2 N–H and O–H groups in total. The van der Waals surface area contributed by atoms with Crippen molar-refractivity contribution in [3.8, 4) is 17.2 Å². The minimum Gasteiger partial charge on any atom is -0.493 e. The van der Waals surface area contributed by atoms with Gasteiger partial charge in [-0.05, 0) is 30.7 Å². The molecular formula is C17H24N2O4. The standard InChI is InChI=1S/C17H24N2O4/c1-21-14-8-13(9-15(22-2)17(14)23-3)10-16(20)19-11-12-4-6-18-7-5-12/h4,8-9,18H,5-7,10-11H2,1-3H3,(H,19,20). The van der Waals surface area contributed by atoms with E-state index in [1.165, 1.54) is 5.57 Å². The van der Waals surface area contributed by atoms with E-state index in [1.54, 1.807) is 33.5 Å². The summed E-state index contributed by atoms with van der Waals surface area (Å²) in [7, 11) is 4.68. The van der Waals surface area contributed by atoms with E-state index in [1.807, 2.05) is 0 Å². The lowest BCUT2D eigenvalue weighted by atomic mass is 10.1. The Morgan fingerprint density at radius 1 is 1.17 bits per heavy atom. The summed E-state index contributed by atoms with van der Waals surface area (Å²) in [4.78, 5) is 12.1. The zero-order chi connectivity index (χ0) is 16.7. The van der Waals surface area contributed by atoms with Crippen molar-refractivity contribution in [1.29, 1.82) is 0 Å². The van der Waals surface area contributed by atoms with Gasteiger partial charge in [0.2, 0.25) is 11.7 Å². The zero-order valence-corrected chi connectivity index (χ0v) is 13.9. The lowest BCUT2D eigenvalue weighted by Crippen LogP contribution is -2.30. The molecule has 1 aliphatic rings. The number of benzene rings is 1. The molecule has 0 saturated heterocycles. The molecule has 0 bridgehead atoms. The van der Waals surface area contributed by atoms with Crippen LogP contribution in [0.3, 0.4) is 0 Å². The lowest BCUT2D eigenvalue weighted by Gasteiger charge is -2.16. The van der Waals surface area contributed by atoms with Crippen LogP contribution in [0.2, 0.25) is 0 Å². The number of hydrogen-bond acceptors (Lipinski definition) is 5. The normalized spacial score (nSPS) is 14.0. The van der Waals surface area contributed by atoms with E-state index in [9.17, 15) is 4.79 Å². The molecule has 23 heavy (non-hydrogen) atoms. The van der Waals surface area contributed by atoms with E-state index in [4.69, 9.17) is 14.2 Å². The summed E-state index contributed by atoms with van der Waals surface area (Å²) in [6.45, 7) is 2.44. The molecule has 0 saturated carbocycles. The summed E-state index contributed by atoms with van der Waals surface area (Å²) in [5.41, 5.74) is 2.08. The van der Waals surface area contributed by atoms with Crippen LogP contribution in [0.1, 0.15) is 12.0 Å². The summed E-state index contributed by atoms with van der Waals surface area (Å²) < 4.78 is 15.9. The van der Waals surface area contributed by atoms with Crippen LogP contribution in [0, 0.1) is 0 Å². The van der Waals surface area contributed by atoms with Crippen LogP contribution in [0.15, 0.2) is 23.8 Å². The zero-order valence-electron chi connectivity index (χ0n) is 13.9. The van der Waals surface area contributed by atoms with Gasteiger partial charge in [0.05, 0.1) is 27.8 Å². The molecule has 0 atom stereocenters. The van der Waals surface area contributed by atoms with Gasteiger partial charge in [0.25, 0.3) is 0 Å². The molecule has 126 valence electrons. The third-order valence-corrected chi connectivity index (χ3v) is 3.76. The quantitative estimate of drug-likeness (QED) is 0.741. The maximum Gasteiger partial charge on any atom is 0.224 e. The minimum atomic E-state index is -0.0290. The maximum absolute atomic E-state index is 12.1. The number of rotatable bonds is 7. The Balaban J connectivity index is 2.01. The fourth-order valence-electron chi connectivity index (χ4n) is 2.53. The highest BCUT2D eigenvalue weighted by Crippen LogP contribution is 2.38. The van der Waals surface area contributed by atoms with Gasteiger partial charge in [0.15, 0.2) is 11.5 Å². The van der Waals surface area contributed by atoms with E-state index in [0.717, 1.165) is 25.1 Å². The van der Waals surface area contributed by atoms with Crippen molar-refractivity contribution in [3.05, 3.63) is 29.3 Å². The average molecular weight is 320 g/mol. The van der Waals surface area contributed by atoms with Crippen LogP contribution in [-0.2, 0) is 11.2 Å². The smallest absolute Gasteiger partial charge is 0.224 e. The highest BCUT2D eigenvalue weighted by Gasteiger charge is 2.15. The Labute approximate surface area is 136 Å². The Morgan fingerprint density at radius 2 is 1.87 bits per heavy atom. The Kier molecular flexibility index (Phi) is 6.29. The van der Waals surface area contributed by atoms with E-state index >= 15 is 0 Å². The number of hydrogen-bond donors (Lipinski definition) is 2. The number of amides is 1. The molecule has 1 heterocycles. The Bertz CT molecular complexity index is 559. The summed E-state index contributed by atoms with van der Waals surface area (Å²) in [6.07, 6.45) is 3.37. The first-order valence-corrected chi connectivity index (χ1v) is 7.62. The van der Waals surface area contributed by atoms with Crippen LogP contribution < -0.4 is 24.8 Å². The first-order chi connectivity index (χ1) is 11.2. The largest absolute Gasteiger partial charge is 0.493 e. The molecule has 0 spiro atoms. The third-order valence-electron chi connectivity index (χ3n) is 3.76. The van der Waals surface area contributed by atoms with Crippen molar-refractivity contribution in [2.75, 3.05) is 41.0 Å². The van der Waals surface area contributed by atoms with Gasteiger partial charge in [-0.3, -0.25) is 4.79 Å². The number of methoxy groups -OCH3 is 3. The number of nitrogens with one attached hydrogen (secondary N) is 2. The molecule has 0 fully saturated rings. The molecule has 0 aliphatic carbocycles. The maximum atomic E-state index is 12.1. The van der Waals surface area contributed by atoms with Gasteiger partial charge in [0, 0.05) is 13.1 Å². The second kappa shape index (κ2) is 8.43. The van der Waals surface area contributed by atoms with Gasteiger partial charge < -0.3 is 24.8 Å². The molecule has 2 rings (SSSR count). The van der Waals surface area contributed by atoms with Crippen LogP contribution in [0.4, 0.5) is 0 Å². The Morgan fingerprint density at radius 3 is 2.39 bits per heavy atom. The molecule has 0 aromatic heterocycles. The van der Waals surface area contributed by atoms with Crippen molar-refractivity contribution in [2.45, 2.75) is 12.8 Å². The van der Waals surface area contributed by atoms with Crippen LogP contribution in [0.25, 0.3) is 0 Å². The SMILES string of the molecule is COc1cc(CC(=O)NCC2=CCNCC2)cc(OC)c1OC. The average Bonchev–Trinajstić information content (AvgIpc) is 2.59. The van der Waals surface area contributed by atoms with E-state index in [2.05, 4.69) is 16.7 Å². The predicted molar refractivity (Wildman–Crippen MR) is 88.4 cm³/mol. The summed E-state index contributed by atoms with van der Waals surface area (Å²) in [5, 5.41) is 6.21. The van der Waals surface area contributed by atoms with Crippen molar-refractivity contribution in [3.63, 3.8) is 0 Å². The van der Waals surface area contributed by atoms with Gasteiger partial charge in [-0.1, -0.05) is 11.6 Å². The fourth-order valence-corrected chi connectivity index (χ4v) is 2.53. The van der Waals surface area contributed by atoms with E-state index in [-0.39, 0.29) is 12.3 Å². The summed E-state index contributed by atoms with van der Waals surface area (Å²) >= 11 is 0. The second-order valence-electron chi connectivity index (χ2n) is 5.30. The van der Waals surface area contributed by atoms with E-state index in [0.29, 0.717) is 23.8 Å². The number of carbonyl (C=O) groups is 1.